The van der Waals surface area contributed by atoms with Crippen LogP contribution in [0.15, 0.2) is 35.1 Å². The topological polar surface area (TPSA) is 62.4 Å². The van der Waals surface area contributed by atoms with E-state index < -0.39 is 6.10 Å². The second-order valence-corrected chi connectivity index (χ2v) is 6.64. The number of nitrogens with zero attached hydrogens (tertiary/aromatic N) is 3. The molecular formula is C18H25N3O2. The first-order valence-corrected chi connectivity index (χ1v) is 8.39. The van der Waals surface area contributed by atoms with E-state index in [2.05, 4.69) is 28.7 Å². The fourth-order valence-corrected chi connectivity index (χ4v) is 3.11. The molecule has 1 N–H and O–H groups in total. The number of hydrogen-bond acceptors (Lipinski definition) is 5. The van der Waals surface area contributed by atoms with Crippen molar-refractivity contribution < 1.29 is 9.52 Å². The molecule has 5 nitrogen and oxygen atoms in total. The molecule has 5 heteroatoms. The Hall–Kier alpha value is -1.72. The van der Waals surface area contributed by atoms with E-state index in [9.17, 15) is 5.11 Å². The van der Waals surface area contributed by atoms with Gasteiger partial charge in [0.15, 0.2) is 5.89 Å². The van der Waals surface area contributed by atoms with Crippen molar-refractivity contribution in [1.82, 2.24) is 14.9 Å². The Morgan fingerprint density at radius 3 is 2.70 bits per heavy atom. The van der Waals surface area contributed by atoms with Gasteiger partial charge in [-0.3, -0.25) is 9.88 Å². The summed E-state index contributed by atoms with van der Waals surface area (Å²) in [7, 11) is 0. The van der Waals surface area contributed by atoms with Crippen molar-refractivity contribution in [3.05, 3.63) is 47.9 Å². The Bertz CT molecular complexity index is 604. The number of aromatic nitrogens is 2. The summed E-state index contributed by atoms with van der Waals surface area (Å²) in [6.07, 6.45) is 5.01. The van der Waals surface area contributed by atoms with E-state index in [1.807, 2.05) is 18.2 Å². The first-order chi connectivity index (χ1) is 11.1. The predicted octanol–water partition coefficient (Wildman–Crippen LogP) is 3.14. The lowest BCUT2D eigenvalue weighted by molar-refractivity contribution is 0.0536. The highest BCUT2D eigenvalue weighted by Gasteiger charge is 2.27. The standard InChI is InChI=1S/C18H25N3O2/c1-13(2)18-20-15(12-23-18)11-21-9-6-14(7-10-21)17(22)16-5-3-4-8-19-16/h3-5,8,12-14,17,22H,6-7,9-11H2,1-2H3/t17-/m0/s1. The lowest BCUT2D eigenvalue weighted by Crippen LogP contribution is -2.35. The molecule has 1 fully saturated rings. The van der Waals surface area contributed by atoms with Gasteiger partial charge in [0, 0.05) is 18.7 Å². The van der Waals surface area contributed by atoms with Gasteiger partial charge in [0.05, 0.1) is 17.5 Å². The number of aliphatic hydroxyl groups excluding tert-OH is 1. The van der Waals surface area contributed by atoms with Gasteiger partial charge in [0.1, 0.15) is 6.26 Å². The Morgan fingerprint density at radius 1 is 1.30 bits per heavy atom. The molecule has 1 aliphatic rings. The molecule has 3 heterocycles. The Balaban J connectivity index is 1.52. The van der Waals surface area contributed by atoms with Crippen molar-refractivity contribution in [2.75, 3.05) is 13.1 Å². The molecule has 0 saturated carbocycles. The SMILES string of the molecule is CC(C)c1nc(CN2CCC([C@H](O)c3ccccn3)CC2)co1. The molecule has 124 valence electrons. The maximum atomic E-state index is 10.5. The number of likely N-dealkylation sites (tertiary alicyclic amines) is 1. The predicted molar refractivity (Wildman–Crippen MR) is 87.8 cm³/mol. The van der Waals surface area contributed by atoms with Crippen molar-refractivity contribution in [2.24, 2.45) is 5.92 Å². The van der Waals surface area contributed by atoms with Crippen LogP contribution in [0.3, 0.4) is 0 Å². The number of rotatable bonds is 5. The minimum atomic E-state index is -0.460. The number of pyridine rings is 1. The van der Waals surface area contributed by atoms with Crippen molar-refractivity contribution in [3.8, 4) is 0 Å². The minimum absolute atomic E-state index is 0.282. The molecule has 23 heavy (non-hydrogen) atoms. The van der Waals surface area contributed by atoms with Crippen LogP contribution in [0, 0.1) is 5.92 Å². The molecule has 1 atom stereocenters. The third-order valence-corrected chi connectivity index (χ3v) is 4.52. The zero-order valence-corrected chi connectivity index (χ0v) is 13.9. The summed E-state index contributed by atoms with van der Waals surface area (Å²) in [5.74, 6) is 1.41. The second-order valence-electron chi connectivity index (χ2n) is 6.64. The Labute approximate surface area is 137 Å². The van der Waals surface area contributed by atoms with E-state index in [0.29, 0.717) is 5.92 Å². The summed E-state index contributed by atoms with van der Waals surface area (Å²) in [6.45, 7) is 6.93. The third-order valence-electron chi connectivity index (χ3n) is 4.52. The first-order valence-electron chi connectivity index (χ1n) is 8.39. The average Bonchev–Trinajstić information content (AvgIpc) is 3.04. The quantitative estimate of drug-likeness (QED) is 0.918. The number of piperidine rings is 1. The van der Waals surface area contributed by atoms with Gasteiger partial charge in [0.2, 0.25) is 0 Å². The van der Waals surface area contributed by atoms with E-state index >= 15 is 0 Å². The zero-order valence-electron chi connectivity index (χ0n) is 13.9. The molecule has 1 saturated heterocycles. The van der Waals surface area contributed by atoms with Gasteiger partial charge in [-0.05, 0) is 44.0 Å². The van der Waals surface area contributed by atoms with E-state index in [4.69, 9.17) is 4.42 Å². The molecule has 2 aromatic heterocycles. The maximum Gasteiger partial charge on any atom is 0.196 e. The Kier molecular flexibility index (Phi) is 5.08. The van der Waals surface area contributed by atoms with Crippen LogP contribution in [0.4, 0.5) is 0 Å². The highest BCUT2D eigenvalue weighted by Crippen LogP contribution is 2.30. The largest absolute Gasteiger partial charge is 0.448 e. The van der Waals surface area contributed by atoms with Crippen molar-refractivity contribution in [1.29, 1.82) is 0 Å². The molecule has 0 radical (unpaired) electrons. The van der Waals surface area contributed by atoms with Gasteiger partial charge in [-0.15, -0.1) is 0 Å². The molecule has 0 aliphatic carbocycles. The maximum absolute atomic E-state index is 10.5. The van der Waals surface area contributed by atoms with Gasteiger partial charge in [0.25, 0.3) is 0 Å². The van der Waals surface area contributed by atoms with Crippen molar-refractivity contribution in [2.45, 2.75) is 45.3 Å². The summed E-state index contributed by atoms with van der Waals surface area (Å²) in [5, 5.41) is 10.5. The van der Waals surface area contributed by atoms with E-state index in [1.165, 1.54) is 0 Å². The highest BCUT2D eigenvalue weighted by atomic mass is 16.3. The molecule has 1 aliphatic heterocycles. The molecule has 0 amide bonds. The Morgan fingerprint density at radius 2 is 2.09 bits per heavy atom. The molecule has 0 spiro atoms. The molecule has 0 bridgehead atoms. The summed E-state index contributed by atoms with van der Waals surface area (Å²) in [4.78, 5) is 11.2. The zero-order chi connectivity index (χ0) is 16.2. The third kappa shape index (κ3) is 3.98. The molecule has 0 aromatic carbocycles. The van der Waals surface area contributed by atoms with Crippen LogP contribution in [0.5, 0.6) is 0 Å². The van der Waals surface area contributed by atoms with Crippen molar-refractivity contribution >= 4 is 0 Å². The monoisotopic (exact) mass is 315 g/mol. The van der Waals surface area contributed by atoms with Crippen LogP contribution in [0.1, 0.15) is 56.0 Å². The number of oxazole rings is 1. The van der Waals surface area contributed by atoms with E-state index in [-0.39, 0.29) is 5.92 Å². The van der Waals surface area contributed by atoms with Crippen LogP contribution in [0.25, 0.3) is 0 Å². The van der Waals surface area contributed by atoms with Crippen LogP contribution in [-0.2, 0) is 6.54 Å². The normalized spacial score (nSPS) is 18.4. The first kappa shape index (κ1) is 16.1. The second kappa shape index (κ2) is 7.23. The number of hydrogen-bond donors (Lipinski definition) is 1. The number of aliphatic hydroxyl groups is 1. The fraction of sp³-hybridized carbons (Fsp3) is 0.556. The van der Waals surface area contributed by atoms with Gasteiger partial charge in [-0.25, -0.2) is 4.98 Å². The van der Waals surface area contributed by atoms with Crippen LogP contribution in [-0.4, -0.2) is 33.1 Å². The van der Waals surface area contributed by atoms with E-state index in [0.717, 1.165) is 49.8 Å². The van der Waals surface area contributed by atoms with Gasteiger partial charge < -0.3 is 9.52 Å². The molecule has 0 unspecified atom stereocenters. The summed E-state index contributed by atoms with van der Waals surface area (Å²) < 4.78 is 5.50. The van der Waals surface area contributed by atoms with E-state index in [1.54, 1.807) is 12.5 Å². The summed E-state index contributed by atoms with van der Waals surface area (Å²) in [6, 6.07) is 5.71. The lowest BCUT2D eigenvalue weighted by atomic mass is 9.89. The molecule has 3 rings (SSSR count). The summed E-state index contributed by atoms with van der Waals surface area (Å²) in [5.41, 5.74) is 1.78. The lowest BCUT2D eigenvalue weighted by Gasteiger charge is -2.33. The smallest absolute Gasteiger partial charge is 0.196 e. The minimum Gasteiger partial charge on any atom is -0.448 e. The highest BCUT2D eigenvalue weighted by molar-refractivity contribution is 5.08. The molecule has 2 aromatic rings. The molecular weight excluding hydrogens is 290 g/mol. The van der Waals surface area contributed by atoms with Gasteiger partial charge in [-0.2, -0.15) is 0 Å². The summed E-state index contributed by atoms with van der Waals surface area (Å²) >= 11 is 0. The van der Waals surface area contributed by atoms with Crippen LogP contribution in [0.2, 0.25) is 0 Å². The average molecular weight is 315 g/mol. The van der Waals surface area contributed by atoms with Crippen LogP contribution >= 0.6 is 0 Å². The van der Waals surface area contributed by atoms with Gasteiger partial charge in [-0.1, -0.05) is 19.9 Å². The van der Waals surface area contributed by atoms with Gasteiger partial charge >= 0.3 is 0 Å². The fourth-order valence-electron chi connectivity index (χ4n) is 3.11. The van der Waals surface area contributed by atoms with Crippen molar-refractivity contribution in [3.63, 3.8) is 0 Å². The van der Waals surface area contributed by atoms with Crippen LogP contribution < -0.4 is 0 Å².